The molecule has 0 bridgehead atoms. The fourth-order valence-corrected chi connectivity index (χ4v) is 1.71. The van der Waals surface area contributed by atoms with Gasteiger partial charge in [0, 0.05) is 53.5 Å². The van der Waals surface area contributed by atoms with E-state index in [1.165, 1.54) is 4.90 Å². The van der Waals surface area contributed by atoms with Gasteiger partial charge in [0.05, 0.1) is 0 Å². The van der Waals surface area contributed by atoms with E-state index >= 15 is 0 Å². The van der Waals surface area contributed by atoms with Crippen molar-refractivity contribution in [2.75, 3.05) is 53.5 Å². The molecule has 1 aliphatic heterocycles. The normalized spacial score (nSPS) is 15.8. The Kier molecular flexibility index (Phi) is 5.93. The smallest absolute Gasteiger partial charge is 0.312 e. The van der Waals surface area contributed by atoms with Gasteiger partial charge in [-0.25, -0.2) is 0 Å². The lowest BCUT2D eigenvalue weighted by Crippen LogP contribution is -2.51. The van der Waals surface area contributed by atoms with Crippen LogP contribution in [0.5, 0.6) is 0 Å². The minimum Gasteiger partial charge on any atom is -0.385 e. The van der Waals surface area contributed by atoms with Gasteiger partial charge < -0.3 is 19.9 Å². The number of nitrogens with zero attached hydrogens (tertiary/aromatic N) is 2. The van der Waals surface area contributed by atoms with Crippen molar-refractivity contribution < 1.29 is 14.3 Å². The molecule has 1 fully saturated rings. The molecule has 0 spiro atoms. The molecule has 1 aliphatic rings. The average Bonchev–Trinajstić information content (AvgIpc) is 2.38. The zero-order valence-electron chi connectivity index (χ0n) is 10.6. The first-order valence-corrected chi connectivity index (χ1v) is 5.91. The van der Waals surface area contributed by atoms with E-state index in [0.29, 0.717) is 26.2 Å². The summed E-state index contributed by atoms with van der Waals surface area (Å²) in [6, 6.07) is 0. The van der Waals surface area contributed by atoms with Gasteiger partial charge in [-0.3, -0.25) is 9.59 Å². The van der Waals surface area contributed by atoms with E-state index in [9.17, 15) is 9.59 Å². The predicted molar refractivity (Wildman–Crippen MR) is 63.6 cm³/mol. The van der Waals surface area contributed by atoms with E-state index in [2.05, 4.69) is 5.32 Å². The van der Waals surface area contributed by atoms with Crippen LogP contribution in [0.25, 0.3) is 0 Å². The van der Waals surface area contributed by atoms with E-state index < -0.39 is 11.8 Å². The largest absolute Gasteiger partial charge is 0.385 e. The van der Waals surface area contributed by atoms with Crippen molar-refractivity contribution in [3.05, 3.63) is 0 Å². The zero-order valence-corrected chi connectivity index (χ0v) is 10.6. The van der Waals surface area contributed by atoms with Gasteiger partial charge in [0.2, 0.25) is 0 Å². The van der Waals surface area contributed by atoms with E-state index in [0.717, 1.165) is 19.5 Å². The van der Waals surface area contributed by atoms with Crippen LogP contribution in [0.4, 0.5) is 0 Å². The number of piperazine rings is 1. The maximum absolute atomic E-state index is 11.8. The summed E-state index contributed by atoms with van der Waals surface area (Å²) in [4.78, 5) is 26.7. The molecule has 0 aromatic rings. The molecular weight excluding hydrogens is 222 g/mol. The third-order valence-electron chi connectivity index (χ3n) is 2.78. The van der Waals surface area contributed by atoms with Gasteiger partial charge in [-0.15, -0.1) is 0 Å². The Hall–Kier alpha value is -1.14. The summed E-state index contributed by atoms with van der Waals surface area (Å²) in [6.45, 7) is 3.87. The van der Waals surface area contributed by atoms with E-state index in [-0.39, 0.29) is 0 Å². The van der Waals surface area contributed by atoms with Crippen LogP contribution in [0, 0.1) is 0 Å². The van der Waals surface area contributed by atoms with Gasteiger partial charge in [0.25, 0.3) is 0 Å². The monoisotopic (exact) mass is 243 g/mol. The molecule has 0 aromatic heterocycles. The number of carbonyl (C=O) groups is 2. The first-order chi connectivity index (χ1) is 8.16. The van der Waals surface area contributed by atoms with Gasteiger partial charge in [0.1, 0.15) is 0 Å². The highest BCUT2D eigenvalue weighted by molar-refractivity contribution is 6.34. The minimum atomic E-state index is -0.428. The Morgan fingerprint density at radius 3 is 2.59 bits per heavy atom. The van der Waals surface area contributed by atoms with Crippen LogP contribution in [0.15, 0.2) is 0 Å². The highest BCUT2D eigenvalue weighted by Gasteiger charge is 2.25. The number of nitrogens with one attached hydrogen (secondary N) is 1. The van der Waals surface area contributed by atoms with Crippen LogP contribution in [-0.2, 0) is 14.3 Å². The summed E-state index contributed by atoms with van der Waals surface area (Å²) >= 11 is 0. The topological polar surface area (TPSA) is 61.9 Å². The molecule has 98 valence electrons. The van der Waals surface area contributed by atoms with Crippen LogP contribution in [0.2, 0.25) is 0 Å². The number of hydrogen-bond acceptors (Lipinski definition) is 4. The van der Waals surface area contributed by atoms with E-state index in [1.807, 2.05) is 0 Å². The number of methoxy groups -OCH3 is 1. The summed E-state index contributed by atoms with van der Waals surface area (Å²) < 4.78 is 4.91. The Morgan fingerprint density at radius 2 is 2.00 bits per heavy atom. The average molecular weight is 243 g/mol. The standard InChI is InChI=1S/C11H21N3O3/c1-13(6-3-9-17-2)10(15)11(16)14-7-4-12-5-8-14/h12H,3-9H2,1-2H3. The van der Waals surface area contributed by atoms with Gasteiger partial charge in [0.15, 0.2) is 0 Å². The molecule has 1 N–H and O–H groups in total. The number of rotatable bonds is 4. The molecule has 1 heterocycles. The molecular formula is C11H21N3O3. The van der Waals surface area contributed by atoms with Crippen molar-refractivity contribution in [3.63, 3.8) is 0 Å². The Bertz CT molecular complexity index is 265. The molecule has 0 radical (unpaired) electrons. The summed E-state index contributed by atoms with van der Waals surface area (Å²) in [5.74, 6) is -0.825. The Balaban J connectivity index is 2.36. The van der Waals surface area contributed by atoms with Gasteiger partial charge in [-0.05, 0) is 6.42 Å². The maximum Gasteiger partial charge on any atom is 0.312 e. The number of likely N-dealkylation sites (N-methyl/N-ethyl adjacent to an activating group) is 1. The zero-order chi connectivity index (χ0) is 12.7. The first-order valence-electron chi connectivity index (χ1n) is 5.91. The van der Waals surface area contributed by atoms with Gasteiger partial charge >= 0.3 is 11.8 Å². The van der Waals surface area contributed by atoms with Crippen molar-refractivity contribution in [2.45, 2.75) is 6.42 Å². The number of amides is 2. The third kappa shape index (κ3) is 4.32. The molecule has 6 nitrogen and oxygen atoms in total. The van der Waals surface area contributed by atoms with Crippen molar-refractivity contribution in [1.29, 1.82) is 0 Å². The second-order valence-corrected chi connectivity index (χ2v) is 4.12. The van der Waals surface area contributed by atoms with E-state index in [4.69, 9.17) is 4.74 Å². The lowest BCUT2D eigenvalue weighted by molar-refractivity contribution is -0.151. The van der Waals surface area contributed by atoms with Gasteiger partial charge in [-0.1, -0.05) is 0 Å². The number of ether oxygens (including phenoxy) is 1. The van der Waals surface area contributed by atoms with E-state index in [1.54, 1.807) is 19.1 Å². The van der Waals surface area contributed by atoms with Crippen molar-refractivity contribution >= 4 is 11.8 Å². The van der Waals surface area contributed by atoms with Crippen molar-refractivity contribution in [3.8, 4) is 0 Å². The predicted octanol–water partition coefficient (Wildman–Crippen LogP) is -1.09. The number of carbonyl (C=O) groups excluding carboxylic acids is 2. The van der Waals surface area contributed by atoms with Crippen LogP contribution < -0.4 is 5.32 Å². The summed E-state index contributed by atoms with van der Waals surface area (Å²) in [5, 5.41) is 3.14. The molecule has 0 saturated carbocycles. The summed E-state index contributed by atoms with van der Waals surface area (Å²) in [7, 11) is 3.27. The van der Waals surface area contributed by atoms with Crippen LogP contribution >= 0.6 is 0 Å². The van der Waals surface area contributed by atoms with Crippen molar-refractivity contribution in [1.82, 2.24) is 15.1 Å². The molecule has 17 heavy (non-hydrogen) atoms. The number of hydrogen-bond donors (Lipinski definition) is 1. The maximum atomic E-state index is 11.8. The van der Waals surface area contributed by atoms with Crippen molar-refractivity contribution in [2.24, 2.45) is 0 Å². The van der Waals surface area contributed by atoms with Gasteiger partial charge in [-0.2, -0.15) is 0 Å². The summed E-state index contributed by atoms with van der Waals surface area (Å²) in [6.07, 6.45) is 0.744. The molecule has 6 heteroatoms. The summed E-state index contributed by atoms with van der Waals surface area (Å²) in [5.41, 5.74) is 0. The minimum absolute atomic E-state index is 0.397. The fraction of sp³-hybridized carbons (Fsp3) is 0.818. The molecule has 1 rings (SSSR count). The molecule has 0 aliphatic carbocycles. The lowest BCUT2D eigenvalue weighted by Gasteiger charge is -2.28. The van der Waals surface area contributed by atoms with Crippen LogP contribution in [-0.4, -0.2) is 75.1 Å². The molecule has 2 amide bonds. The molecule has 1 saturated heterocycles. The van der Waals surface area contributed by atoms with Crippen LogP contribution in [0.3, 0.4) is 0 Å². The molecule has 0 aromatic carbocycles. The lowest BCUT2D eigenvalue weighted by atomic mass is 10.3. The Morgan fingerprint density at radius 1 is 1.35 bits per heavy atom. The fourth-order valence-electron chi connectivity index (χ4n) is 1.71. The third-order valence-corrected chi connectivity index (χ3v) is 2.78. The second-order valence-electron chi connectivity index (χ2n) is 4.12. The quantitative estimate of drug-likeness (QED) is 0.503. The highest BCUT2D eigenvalue weighted by atomic mass is 16.5. The SMILES string of the molecule is COCCCN(C)C(=O)C(=O)N1CCNCC1. The first kappa shape index (κ1) is 13.9. The molecule has 0 atom stereocenters. The second kappa shape index (κ2) is 7.24. The van der Waals surface area contributed by atoms with Crippen LogP contribution in [0.1, 0.15) is 6.42 Å². The Labute approximate surface area is 102 Å². The molecule has 0 unspecified atom stereocenters. The highest BCUT2D eigenvalue weighted by Crippen LogP contribution is 1.98.